The van der Waals surface area contributed by atoms with Crippen molar-refractivity contribution in [3.63, 3.8) is 0 Å². The lowest BCUT2D eigenvalue weighted by Gasteiger charge is -2.31. The van der Waals surface area contributed by atoms with Crippen molar-refractivity contribution in [1.29, 1.82) is 0 Å². The minimum Gasteiger partial charge on any atom is -0.465 e. The molecule has 0 radical (unpaired) electrons. The molecule has 0 aromatic heterocycles. The van der Waals surface area contributed by atoms with Crippen molar-refractivity contribution in [1.82, 2.24) is 5.06 Å². The summed E-state index contributed by atoms with van der Waals surface area (Å²) in [7, 11) is 4.12. The molecule has 3 aromatic rings. The van der Waals surface area contributed by atoms with E-state index in [1.54, 1.807) is 12.2 Å². The van der Waals surface area contributed by atoms with E-state index in [1.807, 2.05) is 50.3 Å². The Bertz CT molecular complexity index is 1380. The highest BCUT2D eigenvalue weighted by molar-refractivity contribution is 6.07. The van der Waals surface area contributed by atoms with Crippen LogP contribution >= 0.6 is 0 Å². The molecule has 0 unspecified atom stereocenters. The number of hydroxylamine groups is 2. The lowest BCUT2D eigenvalue weighted by atomic mass is 9.78. The number of hydrogen-bond acceptors (Lipinski definition) is 7. The van der Waals surface area contributed by atoms with Gasteiger partial charge >= 0.3 is 11.9 Å². The first-order chi connectivity index (χ1) is 17.3. The van der Waals surface area contributed by atoms with Gasteiger partial charge in [-0.25, -0.2) is 9.59 Å². The summed E-state index contributed by atoms with van der Waals surface area (Å²) in [6.45, 7) is 4.08. The topological polar surface area (TPSA) is 74.3 Å². The summed E-state index contributed by atoms with van der Waals surface area (Å²) in [6, 6.07) is 18.5. The van der Waals surface area contributed by atoms with Crippen molar-refractivity contribution >= 4 is 39.6 Å². The van der Waals surface area contributed by atoms with Crippen LogP contribution in [0, 0.1) is 5.41 Å². The number of carbonyl (C=O) groups excluding carboxylic acids is 2. The third-order valence-electron chi connectivity index (χ3n) is 7.17. The molecule has 1 fully saturated rings. The van der Waals surface area contributed by atoms with Crippen molar-refractivity contribution in [3.8, 4) is 0 Å². The number of benzene rings is 3. The van der Waals surface area contributed by atoms with Crippen LogP contribution in [0.3, 0.4) is 0 Å². The molecular formula is C29H29NO6. The Kier molecular flexibility index (Phi) is 5.85. The molecule has 0 amide bonds. The smallest absolute Gasteiger partial charge is 0.376 e. The van der Waals surface area contributed by atoms with E-state index in [9.17, 15) is 9.59 Å². The van der Waals surface area contributed by atoms with E-state index in [0.29, 0.717) is 6.42 Å². The van der Waals surface area contributed by atoms with Crippen molar-refractivity contribution in [2.24, 2.45) is 5.41 Å². The average Bonchev–Trinajstić information content (AvgIpc) is 3.30. The van der Waals surface area contributed by atoms with Crippen molar-refractivity contribution in [2.75, 3.05) is 21.3 Å². The average molecular weight is 488 g/mol. The minimum atomic E-state index is -1.11. The highest BCUT2D eigenvalue weighted by Crippen LogP contribution is 2.55. The number of rotatable bonds is 5. The summed E-state index contributed by atoms with van der Waals surface area (Å²) in [4.78, 5) is 31.9. The summed E-state index contributed by atoms with van der Waals surface area (Å²) < 4.78 is 15.9. The summed E-state index contributed by atoms with van der Waals surface area (Å²) in [5.74, 6) is -1.59. The van der Waals surface area contributed by atoms with E-state index in [4.69, 9.17) is 19.0 Å². The zero-order valence-electron chi connectivity index (χ0n) is 21.0. The Morgan fingerprint density at radius 1 is 0.944 bits per heavy atom. The van der Waals surface area contributed by atoms with Gasteiger partial charge in [-0.15, -0.1) is 0 Å². The predicted molar refractivity (Wildman–Crippen MR) is 136 cm³/mol. The Morgan fingerprint density at radius 2 is 1.53 bits per heavy atom. The van der Waals surface area contributed by atoms with Crippen molar-refractivity contribution < 1.29 is 28.6 Å². The first-order valence-corrected chi connectivity index (χ1v) is 11.8. The van der Waals surface area contributed by atoms with E-state index in [1.165, 1.54) is 14.2 Å². The van der Waals surface area contributed by atoms with Gasteiger partial charge in [0.25, 0.3) is 0 Å². The summed E-state index contributed by atoms with van der Waals surface area (Å²) in [5, 5.41) is 5.95. The lowest BCUT2D eigenvalue weighted by molar-refractivity contribution is -0.231. The van der Waals surface area contributed by atoms with Crippen LogP contribution in [-0.2, 0) is 28.6 Å². The van der Waals surface area contributed by atoms with Gasteiger partial charge in [0.1, 0.15) is 17.3 Å². The molecule has 3 aromatic carbocycles. The molecule has 2 aliphatic heterocycles. The fourth-order valence-corrected chi connectivity index (χ4v) is 5.74. The Labute approximate surface area is 209 Å². The molecule has 186 valence electrons. The van der Waals surface area contributed by atoms with Gasteiger partial charge in [-0.1, -0.05) is 79.6 Å². The van der Waals surface area contributed by atoms with E-state index >= 15 is 0 Å². The van der Waals surface area contributed by atoms with Crippen LogP contribution in [0.25, 0.3) is 27.6 Å². The zero-order valence-corrected chi connectivity index (χ0v) is 21.0. The minimum absolute atomic E-state index is 0.102. The Hall–Kier alpha value is -3.68. The lowest BCUT2D eigenvalue weighted by Crippen LogP contribution is -2.45. The molecule has 2 atom stereocenters. The van der Waals surface area contributed by atoms with Crippen molar-refractivity contribution in [2.45, 2.75) is 32.0 Å². The molecule has 0 saturated carbocycles. The van der Waals surface area contributed by atoms with Crippen molar-refractivity contribution in [3.05, 3.63) is 77.6 Å². The van der Waals surface area contributed by atoms with Crippen LogP contribution < -0.4 is 0 Å². The molecule has 1 saturated heterocycles. The second-order valence-electron chi connectivity index (χ2n) is 9.85. The molecule has 0 N–H and O–H groups in total. The number of nitrogens with zero attached hydrogens (tertiary/aromatic N) is 1. The van der Waals surface area contributed by atoms with Gasteiger partial charge < -0.3 is 19.0 Å². The molecule has 36 heavy (non-hydrogen) atoms. The zero-order chi connectivity index (χ0) is 25.7. The van der Waals surface area contributed by atoms with Crippen LogP contribution in [0.15, 0.2) is 72.0 Å². The van der Waals surface area contributed by atoms with Gasteiger partial charge in [-0.2, -0.15) is 0 Å². The standard InChI is InChI=1S/C29H29NO6/c1-28(2)17-29(23(25(31)33-3)24(26(32)34-4)36-30(29)27(28)35-5)15-14-22-20-12-8-6-10-18(20)16-19-11-7-9-13-21(19)22/h6-16,27H,17H2,1-5H3/b15-14+/t27-,29+/m1/s1. The number of fused-ring (bicyclic) bond motifs is 3. The largest absolute Gasteiger partial charge is 0.465 e. The highest BCUT2D eigenvalue weighted by atomic mass is 16.7. The molecular weight excluding hydrogens is 458 g/mol. The summed E-state index contributed by atoms with van der Waals surface area (Å²) in [5.41, 5.74) is -0.419. The number of methoxy groups -OCH3 is 3. The highest BCUT2D eigenvalue weighted by Gasteiger charge is 2.65. The normalized spacial score (nSPS) is 23.3. The maximum Gasteiger partial charge on any atom is 0.376 e. The molecule has 7 heteroatoms. The van der Waals surface area contributed by atoms with Crippen LogP contribution in [-0.4, -0.2) is 50.1 Å². The second kappa shape index (κ2) is 8.76. The molecule has 0 spiro atoms. The third-order valence-corrected chi connectivity index (χ3v) is 7.17. The van der Waals surface area contributed by atoms with Gasteiger partial charge in [-0.3, -0.25) is 0 Å². The molecule has 7 nitrogen and oxygen atoms in total. The third kappa shape index (κ3) is 3.50. The number of carbonyl (C=O) groups is 2. The molecule has 5 rings (SSSR count). The van der Waals surface area contributed by atoms with Crippen LogP contribution in [0.2, 0.25) is 0 Å². The Morgan fingerprint density at radius 3 is 2.08 bits per heavy atom. The number of hydrogen-bond donors (Lipinski definition) is 0. The van der Waals surface area contributed by atoms with Gasteiger partial charge in [0.15, 0.2) is 0 Å². The van der Waals surface area contributed by atoms with Crippen LogP contribution in [0.5, 0.6) is 0 Å². The molecule has 0 aliphatic carbocycles. The fourth-order valence-electron chi connectivity index (χ4n) is 5.74. The maximum absolute atomic E-state index is 13.2. The summed E-state index contributed by atoms with van der Waals surface area (Å²) in [6.07, 6.45) is 3.86. The number of ether oxygens (including phenoxy) is 3. The van der Waals surface area contributed by atoms with E-state index in [2.05, 4.69) is 30.3 Å². The quantitative estimate of drug-likeness (QED) is 0.371. The first kappa shape index (κ1) is 24.0. The summed E-state index contributed by atoms with van der Waals surface area (Å²) >= 11 is 0. The van der Waals surface area contributed by atoms with Crippen LogP contribution in [0.4, 0.5) is 0 Å². The maximum atomic E-state index is 13.2. The first-order valence-electron chi connectivity index (χ1n) is 11.8. The monoisotopic (exact) mass is 487 g/mol. The van der Waals surface area contributed by atoms with Crippen LogP contribution in [0.1, 0.15) is 25.8 Å². The number of esters is 2. The van der Waals surface area contributed by atoms with Gasteiger partial charge in [0.2, 0.25) is 5.76 Å². The molecule has 2 aliphatic rings. The van der Waals surface area contributed by atoms with Gasteiger partial charge in [-0.05, 0) is 39.6 Å². The van der Waals surface area contributed by atoms with Gasteiger partial charge in [0.05, 0.1) is 14.2 Å². The fraction of sp³-hybridized carbons (Fsp3) is 0.310. The Balaban J connectivity index is 1.78. The second-order valence-corrected chi connectivity index (χ2v) is 9.85. The molecule has 2 heterocycles. The van der Waals surface area contributed by atoms with E-state index in [-0.39, 0.29) is 11.3 Å². The predicted octanol–water partition coefficient (Wildman–Crippen LogP) is 4.99. The molecule has 0 bridgehead atoms. The van der Waals surface area contributed by atoms with E-state index in [0.717, 1.165) is 27.1 Å². The SMILES string of the molecule is COC(=O)C1=C(C(=O)OC)[C@]2(/C=C/c3c4ccccc4cc4ccccc34)CC(C)(C)[C@@H](OC)N2O1. The van der Waals surface area contributed by atoms with E-state index < -0.39 is 29.1 Å². The van der Waals surface area contributed by atoms with Gasteiger partial charge in [0, 0.05) is 12.5 Å².